The van der Waals surface area contributed by atoms with Crippen LogP contribution >= 0.6 is 0 Å². The molecule has 5 nitrogen and oxygen atoms in total. The van der Waals surface area contributed by atoms with Crippen molar-refractivity contribution >= 4 is 27.7 Å². The van der Waals surface area contributed by atoms with Gasteiger partial charge in [0.2, 0.25) is 5.91 Å². The molecule has 184 valence electrons. The highest BCUT2D eigenvalue weighted by molar-refractivity contribution is 5.86. The van der Waals surface area contributed by atoms with Crippen LogP contribution in [0.4, 0.5) is 8.78 Å². The van der Waals surface area contributed by atoms with Crippen molar-refractivity contribution in [2.24, 2.45) is 0 Å². The maximum Gasteiger partial charge on any atom is 0.217 e. The first-order valence-electron chi connectivity index (χ1n) is 12.5. The van der Waals surface area contributed by atoms with Gasteiger partial charge in [-0.05, 0) is 68.3 Å². The Morgan fingerprint density at radius 2 is 1.40 bits per heavy atom. The van der Waals surface area contributed by atoms with Crippen LogP contribution in [0.3, 0.4) is 0 Å². The summed E-state index contributed by atoms with van der Waals surface area (Å²) in [6.07, 6.45) is 5.69. The van der Waals surface area contributed by atoms with Crippen LogP contribution in [-0.4, -0.2) is 34.5 Å². The van der Waals surface area contributed by atoms with E-state index in [1.807, 2.05) is 12.1 Å². The lowest BCUT2D eigenvalue weighted by Gasteiger charge is -2.23. The topological polar surface area (TPSA) is 72.7 Å². The molecule has 0 saturated heterocycles. The third-order valence-corrected chi connectivity index (χ3v) is 7.24. The maximum atomic E-state index is 13.7. The minimum absolute atomic E-state index is 0.00512. The van der Waals surface area contributed by atoms with Crippen molar-refractivity contribution in [3.8, 4) is 0 Å². The first-order chi connectivity index (χ1) is 16.9. The summed E-state index contributed by atoms with van der Waals surface area (Å²) in [6.45, 7) is 4.66. The van der Waals surface area contributed by atoms with Crippen LogP contribution < -0.4 is 10.6 Å². The number of fused-ring (bicyclic) bond motifs is 6. The Kier molecular flexibility index (Phi) is 6.60. The summed E-state index contributed by atoms with van der Waals surface area (Å²) >= 11 is 0. The average Bonchev–Trinajstić information content (AvgIpc) is 3.39. The number of likely N-dealkylation sites (N-methyl/N-ethyl adjacent to an activating group) is 1. The van der Waals surface area contributed by atoms with E-state index in [2.05, 4.69) is 27.5 Å². The van der Waals surface area contributed by atoms with E-state index < -0.39 is 0 Å². The summed E-state index contributed by atoms with van der Waals surface area (Å²) in [5.74, 6) is -0.357. The van der Waals surface area contributed by atoms with Crippen molar-refractivity contribution < 1.29 is 13.6 Å². The quantitative estimate of drug-likeness (QED) is 0.332. The Morgan fingerprint density at radius 1 is 0.886 bits per heavy atom. The van der Waals surface area contributed by atoms with Crippen molar-refractivity contribution in [3.05, 3.63) is 70.5 Å². The molecule has 0 radical (unpaired) electrons. The van der Waals surface area contributed by atoms with Crippen molar-refractivity contribution in [1.29, 1.82) is 0 Å². The summed E-state index contributed by atoms with van der Waals surface area (Å²) in [4.78, 5) is 17.5. The molecule has 0 aliphatic heterocycles. The van der Waals surface area contributed by atoms with Gasteiger partial charge in [0.25, 0.3) is 0 Å². The number of aromatic nitrogens is 2. The van der Waals surface area contributed by atoms with Crippen molar-refractivity contribution in [1.82, 2.24) is 20.6 Å². The molecular formula is C28H32F2N4O. The van der Waals surface area contributed by atoms with E-state index in [0.717, 1.165) is 67.1 Å². The molecule has 0 spiro atoms. The monoisotopic (exact) mass is 478 g/mol. The van der Waals surface area contributed by atoms with Crippen LogP contribution in [0.1, 0.15) is 49.2 Å². The number of nitrogens with one attached hydrogen (secondary N) is 4. The molecule has 2 aliphatic carbocycles. The van der Waals surface area contributed by atoms with E-state index in [9.17, 15) is 13.6 Å². The minimum atomic E-state index is -0.210. The SMILES string of the molecule is CC(=O)NC1CCc2[nH]c3c(F)cccc3c2C1.CCNC1CCc2[nH]c3c(F)cccc3c2C1. The van der Waals surface area contributed by atoms with Gasteiger partial charge < -0.3 is 20.6 Å². The van der Waals surface area contributed by atoms with Gasteiger partial charge in [-0.3, -0.25) is 4.79 Å². The van der Waals surface area contributed by atoms with Crippen LogP contribution in [0.5, 0.6) is 0 Å². The molecule has 2 aromatic carbocycles. The number of hydrogen-bond acceptors (Lipinski definition) is 2. The van der Waals surface area contributed by atoms with Crippen LogP contribution in [0.15, 0.2) is 36.4 Å². The fourth-order valence-electron chi connectivity index (χ4n) is 5.68. The van der Waals surface area contributed by atoms with E-state index in [1.54, 1.807) is 12.1 Å². The third-order valence-electron chi connectivity index (χ3n) is 7.24. The number of aryl methyl sites for hydroxylation is 2. The van der Waals surface area contributed by atoms with Crippen LogP contribution in [0.25, 0.3) is 21.8 Å². The zero-order valence-corrected chi connectivity index (χ0v) is 20.2. The molecule has 1 amide bonds. The fourth-order valence-corrected chi connectivity index (χ4v) is 5.68. The second kappa shape index (κ2) is 9.82. The molecule has 2 unspecified atom stereocenters. The molecule has 2 aromatic heterocycles. The highest BCUT2D eigenvalue weighted by Gasteiger charge is 2.24. The third kappa shape index (κ3) is 4.69. The zero-order chi connectivity index (χ0) is 24.5. The molecule has 2 heterocycles. The van der Waals surface area contributed by atoms with Crippen molar-refractivity contribution in [2.75, 3.05) is 6.54 Å². The Balaban J connectivity index is 0.000000145. The molecule has 0 fully saturated rings. The first kappa shape index (κ1) is 23.5. The van der Waals surface area contributed by atoms with Gasteiger partial charge >= 0.3 is 0 Å². The fraction of sp³-hybridized carbons (Fsp3) is 0.393. The highest BCUT2D eigenvalue weighted by atomic mass is 19.1. The number of carbonyl (C=O) groups excluding carboxylic acids is 1. The molecule has 4 aromatic rings. The molecule has 2 aliphatic rings. The molecule has 0 saturated carbocycles. The summed E-state index contributed by atoms with van der Waals surface area (Å²) in [5, 5.41) is 8.43. The lowest BCUT2D eigenvalue weighted by molar-refractivity contribution is -0.119. The molecule has 0 bridgehead atoms. The molecular weight excluding hydrogens is 446 g/mol. The molecule has 35 heavy (non-hydrogen) atoms. The lowest BCUT2D eigenvalue weighted by atomic mass is 9.91. The van der Waals surface area contributed by atoms with Crippen molar-refractivity contribution in [3.63, 3.8) is 0 Å². The summed E-state index contributed by atoms with van der Waals surface area (Å²) in [6, 6.07) is 11.2. The number of rotatable bonds is 3. The Morgan fingerprint density at radius 3 is 1.91 bits per heavy atom. The van der Waals surface area contributed by atoms with Crippen molar-refractivity contribution in [2.45, 2.75) is 64.5 Å². The average molecular weight is 479 g/mol. The van der Waals surface area contributed by atoms with E-state index in [-0.39, 0.29) is 23.6 Å². The van der Waals surface area contributed by atoms with Crippen LogP contribution in [0.2, 0.25) is 0 Å². The predicted octanol–water partition coefficient (Wildman–Crippen LogP) is 5.07. The smallest absolute Gasteiger partial charge is 0.217 e. The normalized spacial score (nSPS) is 19.1. The Bertz CT molecular complexity index is 1370. The maximum absolute atomic E-state index is 13.7. The number of para-hydroxylation sites is 2. The first-order valence-corrected chi connectivity index (χ1v) is 12.5. The molecule has 4 N–H and O–H groups in total. The predicted molar refractivity (Wildman–Crippen MR) is 136 cm³/mol. The Hall–Kier alpha value is -3.19. The van der Waals surface area contributed by atoms with Gasteiger partial charge in [-0.25, -0.2) is 8.78 Å². The molecule has 6 rings (SSSR count). The molecule has 7 heteroatoms. The van der Waals surface area contributed by atoms with Gasteiger partial charge in [0.1, 0.15) is 11.6 Å². The van der Waals surface area contributed by atoms with Gasteiger partial charge in [0.05, 0.1) is 11.0 Å². The van der Waals surface area contributed by atoms with E-state index in [1.165, 1.54) is 30.3 Å². The number of amides is 1. The number of aromatic amines is 2. The number of halogens is 2. The second-order valence-corrected chi connectivity index (χ2v) is 9.63. The van der Waals surface area contributed by atoms with E-state index >= 15 is 0 Å². The summed E-state index contributed by atoms with van der Waals surface area (Å²) in [5.41, 5.74) is 6.04. The lowest BCUT2D eigenvalue weighted by Crippen LogP contribution is -2.37. The summed E-state index contributed by atoms with van der Waals surface area (Å²) < 4.78 is 27.3. The van der Waals surface area contributed by atoms with Gasteiger partial charge in [0, 0.05) is 41.2 Å². The Labute approximate surface area is 203 Å². The number of carbonyl (C=O) groups is 1. The van der Waals surface area contributed by atoms with Gasteiger partial charge in [0.15, 0.2) is 0 Å². The number of hydrogen-bond donors (Lipinski definition) is 4. The number of benzene rings is 2. The molecule has 2 atom stereocenters. The second-order valence-electron chi connectivity index (χ2n) is 9.63. The van der Waals surface area contributed by atoms with E-state index in [4.69, 9.17) is 0 Å². The largest absolute Gasteiger partial charge is 0.356 e. The standard InChI is InChI=1S/C14H15FN2O.C14H17FN2/c1-8(18)16-9-5-6-13-11(7-9)10-3-2-4-12(15)14(10)17-13;1-2-16-9-6-7-13-11(8-9)10-4-3-5-12(15)14(10)17-13/h2-4,9,17H,5-7H2,1H3,(H,16,18);3-5,9,16-17H,2,6-8H2,1H3. The van der Waals surface area contributed by atoms with Gasteiger partial charge in [-0.15, -0.1) is 0 Å². The summed E-state index contributed by atoms with van der Waals surface area (Å²) in [7, 11) is 0. The van der Waals surface area contributed by atoms with Crippen LogP contribution in [0, 0.1) is 11.6 Å². The number of H-pyrrole nitrogens is 2. The minimum Gasteiger partial charge on any atom is -0.356 e. The highest BCUT2D eigenvalue weighted by Crippen LogP contribution is 2.31. The van der Waals surface area contributed by atoms with Crippen LogP contribution in [-0.2, 0) is 30.5 Å². The van der Waals surface area contributed by atoms with E-state index in [0.29, 0.717) is 17.1 Å². The van der Waals surface area contributed by atoms with Gasteiger partial charge in [-0.1, -0.05) is 31.2 Å². The van der Waals surface area contributed by atoms with Gasteiger partial charge in [-0.2, -0.15) is 0 Å². The zero-order valence-electron chi connectivity index (χ0n) is 20.2.